The number of carbonyl (C=O) groups is 2. The zero-order chi connectivity index (χ0) is 39.6. The number of halogens is 4. The number of piperazine rings is 1. The molecule has 302 valence electrons. The second-order valence-corrected chi connectivity index (χ2v) is 17.3. The summed E-state index contributed by atoms with van der Waals surface area (Å²) in [6.45, 7) is 11.6. The first-order valence-corrected chi connectivity index (χ1v) is 20.7. The molecule has 3 aliphatic heterocycles. The van der Waals surface area contributed by atoms with Gasteiger partial charge in [-0.3, -0.25) is 24.5 Å². The normalized spacial score (nSPS) is 25.3. The molecule has 1 saturated carbocycles. The van der Waals surface area contributed by atoms with E-state index < -0.39 is 17.7 Å². The summed E-state index contributed by atoms with van der Waals surface area (Å²) in [6, 6.07) is 11.0. The van der Waals surface area contributed by atoms with Gasteiger partial charge < -0.3 is 15.1 Å². The Balaban J connectivity index is 0.866. The summed E-state index contributed by atoms with van der Waals surface area (Å²) < 4.78 is 60.6. The number of hydrogen-bond donors (Lipinski definition) is 3. The summed E-state index contributed by atoms with van der Waals surface area (Å²) in [4.78, 5) is 39.6. The van der Waals surface area contributed by atoms with Crippen molar-refractivity contribution in [1.82, 2.24) is 24.9 Å². The topological polar surface area (TPSA) is 106 Å². The molecule has 4 heterocycles. The minimum atomic E-state index is -4.54. The van der Waals surface area contributed by atoms with Crippen LogP contribution in [0.4, 0.5) is 40.7 Å². The van der Waals surface area contributed by atoms with Crippen LogP contribution in [0.5, 0.6) is 0 Å². The zero-order valence-corrected chi connectivity index (χ0v) is 33.2. The summed E-state index contributed by atoms with van der Waals surface area (Å²) in [6.07, 6.45) is 3.18. The van der Waals surface area contributed by atoms with Gasteiger partial charge in [0.05, 0.1) is 11.6 Å². The first-order chi connectivity index (χ1) is 26.7. The third kappa shape index (κ3) is 9.59. The summed E-state index contributed by atoms with van der Waals surface area (Å²) >= 11 is 1.61. The molecule has 0 spiro atoms. The van der Waals surface area contributed by atoms with Crippen molar-refractivity contribution in [2.45, 2.75) is 94.7 Å². The lowest BCUT2D eigenvalue weighted by atomic mass is 9.78. The highest BCUT2D eigenvalue weighted by atomic mass is 32.2. The third-order valence-corrected chi connectivity index (χ3v) is 13.0. The van der Waals surface area contributed by atoms with E-state index in [0.717, 1.165) is 93.6 Å². The lowest BCUT2D eigenvalue weighted by molar-refractivity contribution is -0.138. The van der Waals surface area contributed by atoms with E-state index in [4.69, 9.17) is 0 Å². The fraction of sp³-hybridized carbons (Fsp3) is 0.561. The first kappa shape index (κ1) is 40.3. The molecule has 1 aliphatic carbocycles. The standard InChI is InChI=1S/C41H52F4N8O2S/c1-26-5-4-16-53(24-26)37-32(41(43,44)45)23-46-39(49-37)47-34-9-7-30(21-27(34)2)56-50-40(3)14-12-28(13-15-40)25-51-17-19-52(20-18-51)35-10-6-29(22-33(35)42)31-8-11-36(54)48-38(31)55/h6-7,9-10,21-23,26,28,31,50H,4-5,8,11-20,24-25H2,1-3H3,(H,46,47,49)(H,48,54,55). The molecule has 4 fully saturated rings. The predicted molar refractivity (Wildman–Crippen MR) is 212 cm³/mol. The number of rotatable bonds is 10. The van der Waals surface area contributed by atoms with Crippen molar-refractivity contribution in [2.24, 2.45) is 11.8 Å². The molecule has 56 heavy (non-hydrogen) atoms. The fourth-order valence-electron chi connectivity index (χ4n) is 8.54. The van der Waals surface area contributed by atoms with Gasteiger partial charge in [-0.25, -0.2) is 9.37 Å². The van der Waals surface area contributed by atoms with Gasteiger partial charge in [-0.1, -0.05) is 13.0 Å². The van der Waals surface area contributed by atoms with E-state index in [1.165, 1.54) is 6.07 Å². The number of piperidine rings is 2. The molecule has 3 saturated heterocycles. The third-order valence-electron chi connectivity index (χ3n) is 11.9. The number of alkyl halides is 3. The molecule has 2 unspecified atom stereocenters. The molecule has 2 atom stereocenters. The Morgan fingerprint density at radius 2 is 1.75 bits per heavy atom. The van der Waals surface area contributed by atoms with Crippen LogP contribution in [0.2, 0.25) is 0 Å². The van der Waals surface area contributed by atoms with E-state index in [9.17, 15) is 22.8 Å². The van der Waals surface area contributed by atoms with Gasteiger partial charge in [0.1, 0.15) is 17.2 Å². The second kappa shape index (κ2) is 16.9. The van der Waals surface area contributed by atoms with Crippen LogP contribution in [0.1, 0.15) is 87.8 Å². The summed E-state index contributed by atoms with van der Waals surface area (Å²) in [5, 5.41) is 5.51. The van der Waals surface area contributed by atoms with E-state index in [-0.39, 0.29) is 41.4 Å². The van der Waals surface area contributed by atoms with Crippen LogP contribution in [0.15, 0.2) is 47.5 Å². The maximum Gasteiger partial charge on any atom is 0.421 e. The molecular weight excluding hydrogens is 745 g/mol. The van der Waals surface area contributed by atoms with Crippen LogP contribution in [0.25, 0.3) is 0 Å². The number of aromatic nitrogens is 2. The van der Waals surface area contributed by atoms with Crippen molar-refractivity contribution in [1.29, 1.82) is 0 Å². The Morgan fingerprint density at radius 3 is 2.43 bits per heavy atom. The van der Waals surface area contributed by atoms with Crippen LogP contribution in [-0.4, -0.2) is 78.0 Å². The van der Waals surface area contributed by atoms with Crippen LogP contribution in [0.3, 0.4) is 0 Å². The van der Waals surface area contributed by atoms with E-state index in [1.807, 2.05) is 25.1 Å². The molecule has 4 aliphatic rings. The van der Waals surface area contributed by atoms with E-state index in [1.54, 1.807) is 22.9 Å². The quantitative estimate of drug-likeness (QED) is 0.107. The van der Waals surface area contributed by atoms with Gasteiger partial charge in [0.15, 0.2) is 0 Å². The van der Waals surface area contributed by atoms with Crippen molar-refractivity contribution in [3.05, 3.63) is 65.1 Å². The van der Waals surface area contributed by atoms with Gasteiger partial charge in [0.25, 0.3) is 0 Å². The van der Waals surface area contributed by atoms with Crippen molar-refractivity contribution in [3.63, 3.8) is 0 Å². The summed E-state index contributed by atoms with van der Waals surface area (Å²) in [5.41, 5.74) is 2.03. The fourth-order valence-corrected chi connectivity index (χ4v) is 9.48. The first-order valence-electron chi connectivity index (χ1n) is 19.8. The number of aryl methyl sites for hydroxylation is 1. The molecule has 1 aromatic heterocycles. The van der Waals surface area contributed by atoms with Crippen LogP contribution in [0, 0.1) is 24.6 Å². The van der Waals surface area contributed by atoms with Crippen molar-refractivity contribution in [2.75, 3.05) is 60.9 Å². The highest BCUT2D eigenvalue weighted by molar-refractivity contribution is 7.97. The van der Waals surface area contributed by atoms with E-state index >= 15 is 4.39 Å². The Hall–Kier alpha value is -3.95. The maximum atomic E-state index is 15.2. The molecule has 0 radical (unpaired) electrons. The monoisotopic (exact) mass is 796 g/mol. The molecule has 3 N–H and O–H groups in total. The molecule has 15 heteroatoms. The molecule has 2 aromatic carbocycles. The lowest BCUT2D eigenvalue weighted by Crippen LogP contribution is -2.49. The number of nitrogens with zero attached hydrogens (tertiary/aromatic N) is 5. The summed E-state index contributed by atoms with van der Waals surface area (Å²) in [5.74, 6) is -0.485. The van der Waals surface area contributed by atoms with Gasteiger partial charge >= 0.3 is 6.18 Å². The second-order valence-electron chi connectivity index (χ2n) is 16.4. The van der Waals surface area contributed by atoms with Crippen LogP contribution < -0.4 is 25.2 Å². The molecular formula is C41H52F4N8O2S. The number of hydrogen-bond acceptors (Lipinski definition) is 10. The van der Waals surface area contributed by atoms with Crippen molar-refractivity contribution < 1.29 is 27.2 Å². The summed E-state index contributed by atoms with van der Waals surface area (Å²) in [7, 11) is 0. The smallest absolute Gasteiger partial charge is 0.367 e. The number of amides is 2. The molecule has 10 nitrogen and oxygen atoms in total. The Kier molecular flexibility index (Phi) is 12.1. The highest BCUT2D eigenvalue weighted by Gasteiger charge is 2.38. The average molecular weight is 797 g/mol. The van der Waals surface area contributed by atoms with Gasteiger partial charge in [-0.15, -0.1) is 0 Å². The van der Waals surface area contributed by atoms with Gasteiger partial charge in [-0.05, 0) is 124 Å². The number of imide groups is 1. The minimum absolute atomic E-state index is 0.0152. The maximum absolute atomic E-state index is 15.2. The zero-order valence-electron chi connectivity index (χ0n) is 32.4. The Morgan fingerprint density at radius 1 is 0.982 bits per heavy atom. The van der Waals surface area contributed by atoms with Gasteiger partial charge in [0.2, 0.25) is 17.8 Å². The van der Waals surface area contributed by atoms with Gasteiger partial charge in [0, 0.05) is 74.6 Å². The van der Waals surface area contributed by atoms with Crippen molar-refractivity contribution >= 4 is 46.9 Å². The predicted octanol–water partition coefficient (Wildman–Crippen LogP) is 7.81. The number of anilines is 4. The van der Waals surface area contributed by atoms with Crippen LogP contribution in [-0.2, 0) is 15.8 Å². The SMILES string of the molecule is Cc1cc(SNC2(C)CCC(CN3CCN(c4ccc(C5CCC(=O)NC5=O)cc4F)CC3)CC2)ccc1Nc1ncc(C(F)(F)F)c(N2CCCC(C)C2)n1. The number of nitrogens with one attached hydrogen (secondary N) is 3. The molecule has 7 rings (SSSR count). The Labute approximate surface area is 330 Å². The molecule has 3 aromatic rings. The largest absolute Gasteiger partial charge is 0.421 e. The van der Waals surface area contributed by atoms with Crippen LogP contribution >= 0.6 is 11.9 Å². The number of carbonyl (C=O) groups excluding carboxylic acids is 2. The minimum Gasteiger partial charge on any atom is -0.367 e. The van der Waals surface area contributed by atoms with Crippen molar-refractivity contribution in [3.8, 4) is 0 Å². The Bertz CT molecular complexity index is 1900. The highest BCUT2D eigenvalue weighted by Crippen LogP contribution is 2.39. The molecule has 2 amide bonds. The number of benzene rings is 2. The van der Waals surface area contributed by atoms with Gasteiger partial charge in [-0.2, -0.15) is 18.2 Å². The molecule has 0 bridgehead atoms. The van der Waals surface area contributed by atoms with E-state index in [0.29, 0.717) is 42.6 Å². The van der Waals surface area contributed by atoms with E-state index in [2.05, 4.69) is 55.0 Å². The average Bonchev–Trinajstić information content (AvgIpc) is 3.16. The lowest BCUT2D eigenvalue weighted by Gasteiger charge is -2.41.